The molecule has 2 fully saturated rings. The van der Waals surface area contributed by atoms with E-state index in [9.17, 15) is 5.11 Å². The molecule has 2 N–H and O–H groups in total. The number of nitrogens with one attached hydrogen (secondary N) is 1. The van der Waals surface area contributed by atoms with E-state index in [4.69, 9.17) is 9.72 Å². The van der Waals surface area contributed by atoms with Crippen molar-refractivity contribution in [2.75, 3.05) is 38.2 Å². The highest BCUT2D eigenvalue weighted by Gasteiger charge is 2.28. The van der Waals surface area contributed by atoms with Crippen LogP contribution >= 0.6 is 0 Å². The van der Waals surface area contributed by atoms with Crippen LogP contribution in [0.4, 0.5) is 5.82 Å². The Bertz CT molecular complexity index is 1360. The van der Waals surface area contributed by atoms with Crippen molar-refractivity contribution in [2.24, 2.45) is 0 Å². The number of aromatic nitrogens is 5. The number of aliphatic hydroxyl groups is 1. The van der Waals surface area contributed by atoms with Crippen molar-refractivity contribution in [3.8, 4) is 17.0 Å². The molecule has 2 aliphatic rings. The monoisotopic (exact) mass is 489 g/mol. The molecule has 0 amide bonds. The van der Waals surface area contributed by atoms with Crippen LogP contribution in [0.15, 0.2) is 30.7 Å². The maximum absolute atomic E-state index is 9.85. The molecule has 1 aliphatic heterocycles. The van der Waals surface area contributed by atoms with Gasteiger partial charge in [-0.2, -0.15) is 5.10 Å². The SMILES string of the molecule is COc1cc(-c2[nH]c3ccc(N4CCN(C5CCC(O)CC5)CC4)nc3c2C(C)C)cn2ncnc12. The summed E-state index contributed by atoms with van der Waals surface area (Å²) in [5, 5.41) is 14.2. The van der Waals surface area contributed by atoms with Crippen LogP contribution in [-0.2, 0) is 0 Å². The van der Waals surface area contributed by atoms with E-state index >= 15 is 0 Å². The summed E-state index contributed by atoms with van der Waals surface area (Å²) in [5.41, 5.74) is 6.01. The van der Waals surface area contributed by atoms with E-state index in [0.29, 0.717) is 17.4 Å². The molecule has 6 rings (SSSR count). The standard InChI is InChI=1S/C27H35N7O2/c1-17(2)24-25(18-14-22(36-3)27-28-16-29-34(27)15-18)30-21-8-9-23(31-26(21)24)33-12-10-32(11-13-33)19-4-6-20(35)7-5-19/h8-9,14-17,19-20,30,35H,4-7,10-13H2,1-3H3. The summed E-state index contributed by atoms with van der Waals surface area (Å²) in [4.78, 5) is 18.1. The lowest BCUT2D eigenvalue weighted by molar-refractivity contribution is 0.0711. The van der Waals surface area contributed by atoms with Gasteiger partial charge in [0.15, 0.2) is 11.4 Å². The zero-order valence-corrected chi connectivity index (χ0v) is 21.3. The number of pyridine rings is 2. The van der Waals surface area contributed by atoms with Crippen molar-refractivity contribution in [1.82, 2.24) is 29.5 Å². The lowest BCUT2D eigenvalue weighted by Gasteiger charge is -2.41. The second-order valence-electron chi connectivity index (χ2n) is 10.4. The number of piperazine rings is 1. The third-order valence-electron chi connectivity index (χ3n) is 7.91. The van der Waals surface area contributed by atoms with Gasteiger partial charge in [0, 0.05) is 49.5 Å². The molecule has 0 spiro atoms. The fourth-order valence-corrected chi connectivity index (χ4v) is 5.96. The Morgan fingerprint density at radius 3 is 2.58 bits per heavy atom. The molecule has 9 heteroatoms. The number of nitrogens with zero attached hydrogens (tertiary/aromatic N) is 6. The molecular weight excluding hydrogens is 454 g/mol. The number of aromatic amines is 1. The molecule has 0 unspecified atom stereocenters. The zero-order valence-electron chi connectivity index (χ0n) is 21.3. The summed E-state index contributed by atoms with van der Waals surface area (Å²) >= 11 is 0. The van der Waals surface area contributed by atoms with Gasteiger partial charge in [-0.1, -0.05) is 13.8 Å². The van der Waals surface area contributed by atoms with Crippen molar-refractivity contribution >= 4 is 22.5 Å². The molecule has 4 aromatic heterocycles. The Balaban J connectivity index is 1.29. The van der Waals surface area contributed by atoms with E-state index in [-0.39, 0.29) is 12.0 Å². The molecule has 190 valence electrons. The highest BCUT2D eigenvalue weighted by atomic mass is 16.5. The van der Waals surface area contributed by atoms with Crippen LogP contribution < -0.4 is 9.64 Å². The third kappa shape index (κ3) is 4.10. The van der Waals surface area contributed by atoms with Crippen LogP contribution in [0.3, 0.4) is 0 Å². The summed E-state index contributed by atoms with van der Waals surface area (Å²) in [7, 11) is 1.66. The van der Waals surface area contributed by atoms with Crippen LogP contribution in [0.5, 0.6) is 5.75 Å². The highest BCUT2D eigenvalue weighted by Crippen LogP contribution is 2.37. The highest BCUT2D eigenvalue weighted by molar-refractivity contribution is 5.90. The van der Waals surface area contributed by atoms with Crippen molar-refractivity contribution in [3.05, 3.63) is 36.3 Å². The maximum atomic E-state index is 9.85. The Kier molecular flexibility index (Phi) is 6.05. The molecular formula is C27H35N7O2. The molecule has 0 atom stereocenters. The molecule has 1 aliphatic carbocycles. The van der Waals surface area contributed by atoms with Gasteiger partial charge in [0.05, 0.1) is 29.9 Å². The molecule has 4 aromatic rings. The summed E-state index contributed by atoms with van der Waals surface area (Å²) in [6.45, 7) is 8.48. The van der Waals surface area contributed by atoms with Crippen LogP contribution in [0.1, 0.15) is 51.0 Å². The zero-order chi connectivity index (χ0) is 24.8. The predicted molar refractivity (Wildman–Crippen MR) is 141 cm³/mol. The van der Waals surface area contributed by atoms with Gasteiger partial charge in [-0.3, -0.25) is 4.90 Å². The minimum Gasteiger partial charge on any atom is -0.493 e. The Labute approximate surface area is 211 Å². The van der Waals surface area contributed by atoms with Gasteiger partial charge in [0.1, 0.15) is 12.1 Å². The largest absolute Gasteiger partial charge is 0.493 e. The number of H-pyrrole nitrogens is 1. The van der Waals surface area contributed by atoms with E-state index in [2.05, 4.69) is 50.8 Å². The second-order valence-corrected chi connectivity index (χ2v) is 10.4. The fourth-order valence-electron chi connectivity index (χ4n) is 5.96. The minimum absolute atomic E-state index is 0.0981. The number of methoxy groups -OCH3 is 1. The quantitative estimate of drug-likeness (QED) is 0.440. The van der Waals surface area contributed by atoms with Crippen molar-refractivity contribution in [1.29, 1.82) is 0 Å². The van der Waals surface area contributed by atoms with Gasteiger partial charge >= 0.3 is 0 Å². The van der Waals surface area contributed by atoms with Crippen LogP contribution in [0, 0.1) is 0 Å². The van der Waals surface area contributed by atoms with E-state index in [0.717, 1.165) is 80.0 Å². The van der Waals surface area contributed by atoms with Crippen LogP contribution in [0.25, 0.3) is 27.9 Å². The second kappa shape index (κ2) is 9.37. The molecule has 0 aromatic carbocycles. The molecule has 9 nitrogen and oxygen atoms in total. The summed E-state index contributed by atoms with van der Waals surface area (Å²) in [6.07, 6.45) is 7.53. The number of fused-ring (bicyclic) bond motifs is 2. The normalized spacial score (nSPS) is 21.6. The van der Waals surface area contributed by atoms with Crippen molar-refractivity contribution in [3.63, 3.8) is 0 Å². The minimum atomic E-state index is -0.0981. The maximum Gasteiger partial charge on any atom is 0.197 e. The summed E-state index contributed by atoms with van der Waals surface area (Å²) in [5.74, 6) is 2.02. The first-order chi connectivity index (χ1) is 17.5. The van der Waals surface area contributed by atoms with Crippen molar-refractivity contribution < 1.29 is 9.84 Å². The number of hydrogen-bond donors (Lipinski definition) is 2. The molecule has 0 bridgehead atoms. The molecule has 1 saturated carbocycles. The predicted octanol–water partition coefficient (Wildman–Crippen LogP) is 3.83. The van der Waals surface area contributed by atoms with Gasteiger partial charge in [0.25, 0.3) is 0 Å². The lowest BCUT2D eigenvalue weighted by Crippen LogP contribution is -2.51. The number of rotatable bonds is 5. The smallest absolute Gasteiger partial charge is 0.197 e. The third-order valence-corrected chi connectivity index (χ3v) is 7.91. The van der Waals surface area contributed by atoms with E-state index in [1.165, 1.54) is 5.56 Å². The Morgan fingerprint density at radius 2 is 1.86 bits per heavy atom. The number of ether oxygens (including phenoxy) is 1. The van der Waals surface area contributed by atoms with Crippen LogP contribution in [-0.4, -0.2) is 80.0 Å². The first-order valence-corrected chi connectivity index (χ1v) is 13.1. The van der Waals surface area contributed by atoms with Gasteiger partial charge in [-0.05, 0) is 49.8 Å². The van der Waals surface area contributed by atoms with Crippen molar-refractivity contribution in [2.45, 2.75) is 57.6 Å². The van der Waals surface area contributed by atoms with E-state index in [1.807, 2.05) is 12.3 Å². The lowest BCUT2D eigenvalue weighted by atomic mass is 9.91. The fraction of sp³-hybridized carbons (Fsp3) is 0.519. The van der Waals surface area contributed by atoms with Gasteiger partial charge < -0.3 is 19.7 Å². The first-order valence-electron chi connectivity index (χ1n) is 13.1. The topological polar surface area (TPSA) is 94.8 Å². The summed E-state index contributed by atoms with van der Waals surface area (Å²) in [6, 6.07) is 6.93. The summed E-state index contributed by atoms with van der Waals surface area (Å²) < 4.78 is 7.36. The number of aliphatic hydroxyl groups excluding tert-OH is 1. The van der Waals surface area contributed by atoms with Crippen LogP contribution in [0.2, 0.25) is 0 Å². The van der Waals surface area contributed by atoms with E-state index < -0.39 is 0 Å². The molecule has 5 heterocycles. The Hall–Kier alpha value is -3.17. The first kappa shape index (κ1) is 23.2. The number of hydrogen-bond acceptors (Lipinski definition) is 7. The molecule has 1 saturated heterocycles. The number of anilines is 1. The van der Waals surface area contributed by atoms with E-state index in [1.54, 1.807) is 18.0 Å². The van der Waals surface area contributed by atoms with Gasteiger partial charge in [-0.25, -0.2) is 14.5 Å². The Morgan fingerprint density at radius 1 is 1.08 bits per heavy atom. The van der Waals surface area contributed by atoms with Gasteiger partial charge in [0.2, 0.25) is 0 Å². The van der Waals surface area contributed by atoms with Gasteiger partial charge in [-0.15, -0.1) is 0 Å². The average molecular weight is 490 g/mol. The average Bonchev–Trinajstić information content (AvgIpc) is 3.53. The molecule has 0 radical (unpaired) electrons. The molecule has 36 heavy (non-hydrogen) atoms.